The van der Waals surface area contributed by atoms with Crippen LogP contribution in [0.15, 0.2) is 53.4 Å². The van der Waals surface area contributed by atoms with Crippen molar-refractivity contribution in [1.29, 1.82) is 0 Å². The second-order valence-electron chi connectivity index (χ2n) is 10.0. The Morgan fingerprint density at radius 2 is 1.77 bits per heavy atom. The molecule has 0 radical (unpaired) electrons. The van der Waals surface area contributed by atoms with E-state index in [0.717, 1.165) is 24.2 Å². The van der Waals surface area contributed by atoms with Crippen LogP contribution in [0.25, 0.3) is 0 Å². The maximum Gasteiger partial charge on any atom is 0.269 e. The van der Waals surface area contributed by atoms with E-state index in [1.54, 1.807) is 17.0 Å². The minimum Gasteiger partial charge on any atom is -0.491 e. The summed E-state index contributed by atoms with van der Waals surface area (Å²) >= 11 is 0. The van der Waals surface area contributed by atoms with Gasteiger partial charge in [0.1, 0.15) is 23.8 Å². The molecule has 2 aromatic rings. The van der Waals surface area contributed by atoms with E-state index < -0.39 is 34.0 Å². The van der Waals surface area contributed by atoms with Crippen molar-refractivity contribution in [3.8, 4) is 5.75 Å². The first kappa shape index (κ1) is 27.1. The Hall–Kier alpha value is -3.44. The molecule has 2 aromatic carbocycles. The average Bonchev–Trinajstić information content (AvgIpc) is 3.14. The van der Waals surface area contributed by atoms with Crippen LogP contribution in [0.5, 0.6) is 5.75 Å². The van der Waals surface area contributed by atoms with Crippen LogP contribution in [0.2, 0.25) is 0 Å². The van der Waals surface area contributed by atoms with Gasteiger partial charge in [-0.25, -0.2) is 12.7 Å². The lowest BCUT2D eigenvalue weighted by Crippen LogP contribution is -2.62. The molecule has 1 spiro atoms. The van der Waals surface area contributed by atoms with Crippen molar-refractivity contribution >= 4 is 27.7 Å². The molecule has 0 bridgehead atoms. The lowest BCUT2D eigenvalue weighted by molar-refractivity contribution is -0.176. The molecule has 0 saturated carbocycles. The highest BCUT2D eigenvalue weighted by Crippen LogP contribution is 2.32. The standard InChI is InChI=1S/C28H33N3O7S/c1-2-29-15-17-37-23-12-5-3-9-21(23)10-7-8-14-28(27(29)34)20-30(16-18-38-28)25(32)19-31-26(33)22-11-4-6-13-24(22)39(31,35)36/h3-6,9,11-13H,2,7-8,10,14-20H2,1H3. The summed E-state index contributed by atoms with van der Waals surface area (Å²) in [7, 11) is -4.12. The molecule has 1 saturated heterocycles. The number of benzene rings is 2. The Morgan fingerprint density at radius 3 is 2.56 bits per heavy atom. The first-order valence-corrected chi connectivity index (χ1v) is 14.8. The molecule has 10 nitrogen and oxygen atoms in total. The summed E-state index contributed by atoms with van der Waals surface area (Å²) in [5, 5.41) is 0. The molecule has 208 valence electrons. The fourth-order valence-electron chi connectivity index (χ4n) is 5.53. The van der Waals surface area contributed by atoms with Crippen molar-refractivity contribution in [2.24, 2.45) is 0 Å². The lowest BCUT2D eigenvalue weighted by atomic mass is 9.91. The Labute approximate surface area is 228 Å². The van der Waals surface area contributed by atoms with Gasteiger partial charge in [-0.05, 0) is 56.4 Å². The summed E-state index contributed by atoms with van der Waals surface area (Å²) < 4.78 is 38.8. The summed E-state index contributed by atoms with van der Waals surface area (Å²) in [5.74, 6) is -0.643. The number of para-hydroxylation sites is 1. The number of likely N-dealkylation sites (N-methyl/N-ethyl adjacent to an activating group) is 1. The highest BCUT2D eigenvalue weighted by atomic mass is 32.2. The van der Waals surface area contributed by atoms with Crippen LogP contribution in [-0.4, -0.2) is 91.8 Å². The number of hydrogen-bond donors (Lipinski definition) is 0. The second-order valence-corrected chi connectivity index (χ2v) is 11.8. The summed E-state index contributed by atoms with van der Waals surface area (Å²) in [6.07, 6.45) is 2.70. The molecule has 3 amide bonds. The summed E-state index contributed by atoms with van der Waals surface area (Å²) in [6.45, 7) is 2.73. The molecule has 3 aliphatic heterocycles. The molecule has 1 atom stereocenters. The highest BCUT2D eigenvalue weighted by molar-refractivity contribution is 7.90. The van der Waals surface area contributed by atoms with Crippen molar-refractivity contribution in [3.05, 3.63) is 59.7 Å². The molecule has 3 heterocycles. The zero-order valence-electron chi connectivity index (χ0n) is 22.0. The van der Waals surface area contributed by atoms with Gasteiger partial charge in [0.15, 0.2) is 5.60 Å². The number of aryl methyl sites for hydroxylation is 1. The van der Waals surface area contributed by atoms with Gasteiger partial charge in [-0.15, -0.1) is 0 Å². The van der Waals surface area contributed by atoms with Gasteiger partial charge in [-0.3, -0.25) is 14.4 Å². The zero-order chi connectivity index (χ0) is 27.6. The van der Waals surface area contributed by atoms with Crippen molar-refractivity contribution in [3.63, 3.8) is 0 Å². The largest absolute Gasteiger partial charge is 0.491 e. The molecular formula is C28H33N3O7S. The zero-order valence-corrected chi connectivity index (χ0v) is 22.8. The fourth-order valence-corrected chi connectivity index (χ4v) is 7.05. The number of rotatable bonds is 3. The Kier molecular flexibility index (Phi) is 7.64. The molecule has 1 fully saturated rings. The Balaban J connectivity index is 1.35. The van der Waals surface area contributed by atoms with Crippen LogP contribution in [0, 0.1) is 0 Å². The molecule has 0 aliphatic carbocycles. The monoisotopic (exact) mass is 555 g/mol. The number of sulfonamides is 1. The maximum atomic E-state index is 13.9. The van der Waals surface area contributed by atoms with E-state index in [9.17, 15) is 22.8 Å². The molecule has 5 rings (SSSR count). The van der Waals surface area contributed by atoms with E-state index >= 15 is 0 Å². The Bertz CT molecular complexity index is 1380. The predicted molar refractivity (Wildman–Crippen MR) is 142 cm³/mol. The van der Waals surface area contributed by atoms with E-state index in [4.69, 9.17) is 9.47 Å². The number of carbonyl (C=O) groups excluding carboxylic acids is 3. The summed E-state index contributed by atoms with van der Waals surface area (Å²) in [5.41, 5.74) is -0.0829. The fraction of sp³-hybridized carbons (Fsp3) is 0.464. The predicted octanol–water partition coefficient (Wildman–Crippen LogP) is 2.08. The summed E-state index contributed by atoms with van der Waals surface area (Å²) in [6, 6.07) is 13.8. The SMILES string of the molecule is CCN1CCOc2ccccc2CCCCC2(CN(C(=O)CN3C(=O)c4ccccc4S3(=O)=O)CCO2)C1=O. The molecule has 0 aromatic heterocycles. The third-order valence-electron chi connectivity index (χ3n) is 7.66. The van der Waals surface area contributed by atoms with Crippen molar-refractivity contribution < 1.29 is 32.3 Å². The summed E-state index contributed by atoms with van der Waals surface area (Å²) in [4.78, 5) is 43.2. The van der Waals surface area contributed by atoms with Gasteiger partial charge < -0.3 is 19.3 Å². The third kappa shape index (κ3) is 5.12. The van der Waals surface area contributed by atoms with Crippen LogP contribution in [0.1, 0.15) is 42.1 Å². The number of nitrogens with zero attached hydrogens (tertiary/aromatic N) is 3. The van der Waals surface area contributed by atoms with Gasteiger partial charge >= 0.3 is 0 Å². The number of ether oxygens (including phenoxy) is 2. The third-order valence-corrected chi connectivity index (χ3v) is 9.44. The number of amides is 3. The van der Waals surface area contributed by atoms with Crippen LogP contribution < -0.4 is 4.74 Å². The van der Waals surface area contributed by atoms with Gasteiger partial charge in [-0.2, -0.15) is 0 Å². The van der Waals surface area contributed by atoms with Crippen LogP contribution in [0.3, 0.4) is 0 Å². The molecule has 3 aliphatic rings. The van der Waals surface area contributed by atoms with Crippen molar-refractivity contribution in [2.75, 3.05) is 45.9 Å². The number of hydrogen-bond acceptors (Lipinski definition) is 7. The molecule has 1 unspecified atom stereocenters. The van der Waals surface area contributed by atoms with Gasteiger partial charge in [0, 0.05) is 13.1 Å². The highest BCUT2D eigenvalue weighted by Gasteiger charge is 2.48. The van der Waals surface area contributed by atoms with E-state index in [2.05, 4.69) is 0 Å². The average molecular weight is 556 g/mol. The van der Waals surface area contributed by atoms with Crippen LogP contribution >= 0.6 is 0 Å². The Morgan fingerprint density at radius 1 is 1.00 bits per heavy atom. The van der Waals surface area contributed by atoms with E-state index in [0.29, 0.717) is 36.8 Å². The van der Waals surface area contributed by atoms with Gasteiger partial charge in [0.05, 0.1) is 25.3 Å². The smallest absolute Gasteiger partial charge is 0.269 e. The quantitative estimate of drug-likeness (QED) is 0.570. The van der Waals surface area contributed by atoms with Crippen LogP contribution in [0.4, 0.5) is 0 Å². The lowest BCUT2D eigenvalue weighted by Gasteiger charge is -2.44. The van der Waals surface area contributed by atoms with Crippen LogP contribution in [-0.2, 0) is 30.8 Å². The number of carbonyl (C=O) groups is 3. The van der Waals surface area contributed by atoms with Gasteiger partial charge in [-0.1, -0.05) is 30.3 Å². The normalized spacial score (nSPS) is 23.5. The van der Waals surface area contributed by atoms with E-state index in [1.807, 2.05) is 31.2 Å². The number of fused-ring (bicyclic) bond motifs is 2. The van der Waals surface area contributed by atoms with Gasteiger partial charge in [0.2, 0.25) is 5.91 Å². The van der Waals surface area contributed by atoms with Crippen molar-refractivity contribution in [2.45, 2.75) is 43.1 Å². The van der Waals surface area contributed by atoms with Gasteiger partial charge in [0.25, 0.3) is 21.8 Å². The number of morpholine rings is 1. The minimum atomic E-state index is -4.12. The molecule has 11 heteroatoms. The topological polar surface area (TPSA) is 114 Å². The van der Waals surface area contributed by atoms with E-state index in [1.165, 1.54) is 17.0 Å². The molecule has 0 N–H and O–H groups in total. The second kappa shape index (κ2) is 11.0. The first-order valence-electron chi connectivity index (χ1n) is 13.3. The molecular weight excluding hydrogens is 522 g/mol. The van der Waals surface area contributed by atoms with Crippen molar-refractivity contribution in [1.82, 2.24) is 14.1 Å². The maximum absolute atomic E-state index is 13.9. The van der Waals surface area contributed by atoms with E-state index in [-0.39, 0.29) is 36.1 Å². The first-order chi connectivity index (χ1) is 18.8. The molecule has 39 heavy (non-hydrogen) atoms. The minimum absolute atomic E-state index is 0.00631.